The topological polar surface area (TPSA) is 59.1 Å². The predicted octanol–water partition coefficient (Wildman–Crippen LogP) is 1.94. The first-order chi connectivity index (χ1) is 8.44. The smallest absolute Gasteiger partial charge is 0.409 e. The SMILES string of the molecule is CCN(C(=O)OC)C(C)C(C)N(CC)C(=O)OC. The van der Waals surface area contributed by atoms with E-state index in [1.165, 1.54) is 14.2 Å². The number of likely N-dealkylation sites (N-methyl/N-ethyl adjacent to an activating group) is 2. The van der Waals surface area contributed by atoms with Gasteiger partial charge in [-0.05, 0) is 27.7 Å². The second-order valence-electron chi connectivity index (χ2n) is 3.99. The molecule has 0 spiro atoms. The maximum absolute atomic E-state index is 11.6. The highest BCUT2D eigenvalue weighted by molar-refractivity contribution is 5.69. The Morgan fingerprint density at radius 1 is 0.889 bits per heavy atom. The van der Waals surface area contributed by atoms with E-state index in [-0.39, 0.29) is 12.1 Å². The third-order valence-electron chi connectivity index (χ3n) is 3.18. The average molecular weight is 260 g/mol. The van der Waals surface area contributed by atoms with Crippen molar-refractivity contribution in [3.8, 4) is 0 Å². The van der Waals surface area contributed by atoms with Crippen LogP contribution in [0.5, 0.6) is 0 Å². The van der Waals surface area contributed by atoms with Crippen molar-refractivity contribution in [2.24, 2.45) is 0 Å². The predicted molar refractivity (Wildman–Crippen MR) is 68.5 cm³/mol. The maximum Gasteiger partial charge on any atom is 0.409 e. The second-order valence-corrected chi connectivity index (χ2v) is 3.99. The summed E-state index contributed by atoms with van der Waals surface area (Å²) in [6.45, 7) is 8.56. The van der Waals surface area contributed by atoms with Crippen molar-refractivity contribution < 1.29 is 19.1 Å². The van der Waals surface area contributed by atoms with Gasteiger partial charge in [-0.2, -0.15) is 0 Å². The largest absolute Gasteiger partial charge is 0.453 e. The lowest BCUT2D eigenvalue weighted by molar-refractivity contribution is 0.0656. The van der Waals surface area contributed by atoms with E-state index in [0.717, 1.165) is 0 Å². The van der Waals surface area contributed by atoms with Gasteiger partial charge >= 0.3 is 12.2 Å². The summed E-state index contributed by atoms with van der Waals surface area (Å²) in [7, 11) is 2.69. The molecule has 2 atom stereocenters. The third-order valence-corrected chi connectivity index (χ3v) is 3.18. The van der Waals surface area contributed by atoms with Gasteiger partial charge < -0.3 is 19.3 Å². The Kier molecular flexibility index (Phi) is 7.16. The lowest BCUT2D eigenvalue weighted by atomic mass is 10.1. The number of ether oxygens (including phenoxy) is 2. The fourth-order valence-electron chi connectivity index (χ4n) is 1.92. The molecule has 0 N–H and O–H groups in total. The molecule has 0 aromatic carbocycles. The van der Waals surface area contributed by atoms with Gasteiger partial charge in [0.15, 0.2) is 0 Å². The molecule has 0 saturated carbocycles. The van der Waals surface area contributed by atoms with Gasteiger partial charge in [-0.1, -0.05) is 0 Å². The Morgan fingerprint density at radius 3 is 1.33 bits per heavy atom. The average Bonchev–Trinajstić information content (AvgIpc) is 2.39. The number of carbonyl (C=O) groups excluding carboxylic acids is 2. The van der Waals surface area contributed by atoms with Gasteiger partial charge in [0.25, 0.3) is 0 Å². The summed E-state index contributed by atoms with van der Waals surface area (Å²) in [5, 5.41) is 0. The van der Waals surface area contributed by atoms with Gasteiger partial charge in [0.1, 0.15) is 0 Å². The molecule has 0 saturated heterocycles. The monoisotopic (exact) mass is 260 g/mol. The van der Waals surface area contributed by atoms with Gasteiger partial charge in [-0.3, -0.25) is 0 Å². The number of methoxy groups -OCH3 is 2. The summed E-state index contributed by atoms with van der Waals surface area (Å²) in [5.74, 6) is 0. The third kappa shape index (κ3) is 3.78. The quantitative estimate of drug-likeness (QED) is 0.758. The zero-order valence-corrected chi connectivity index (χ0v) is 12.1. The normalized spacial score (nSPS) is 13.4. The first-order valence-corrected chi connectivity index (χ1v) is 6.13. The Bertz CT molecular complexity index is 255. The first kappa shape index (κ1) is 16.5. The molecular formula is C12H24N2O4. The summed E-state index contributed by atoms with van der Waals surface area (Å²) in [6.07, 6.45) is -0.782. The summed E-state index contributed by atoms with van der Waals surface area (Å²) < 4.78 is 9.45. The minimum Gasteiger partial charge on any atom is -0.453 e. The van der Waals surface area contributed by atoms with Crippen molar-refractivity contribution in [1.29, 1.82) is 0 Å². The molecule has 0 fully saturated rings. The molecule has 2 amide bonds. The fraction of sp³-hybridized carbons (Fsp3) is 0.833. The molecule has 0 aromatic rings. The molecule has 6 nitrogen and oxygen atoms in total. The van der Waals surface area contributed by atoms with Crippen molar-refractivity contribution in [3.05, 3.63) is 0 Å². The van der Waals surface area contributed by atoms with Crippen molar-refractivity contribution in [1.82, 2.24) is 9.80 Å². The van der Waals surface area contributed by atoms with E-state index in [2.05, 4.69) is 0 Å². The minimum absolute atomic E-state index is 0.151. The van der Waals surface area contributed by atoms with E-state index in [4.69, 9.17) is 9.47 Å². The zero-order chi connectivity index (χ0) is 14.3. The highest BCUT2D eigenvalue weighted by Gasteiger charge is 2.30. The number of nitrogens with zero attached hydrogens (tertiary/aromatic N) is 2. The van der Waals surface area contributed by atoms with Crippen molar-refractivity contribution in [2.75, 3.05) is 27.3 Å². The van der Waals surface area contributed by atoms with Crippen molar-refractivity contribution in [2.45, 2.75) is 39.8 Å². The molecule has 6 heteroatoms. The van der Waals surface area contributed by atoms with E-state index in [1.807, 2.05) is 27.7 Å². The molecule has 2 unspecified atom stereocenters. The Balaban J connectivity index is 4.87. The molecule has 0 bridgehead atoms. The van der Waals surface area contributed by atoms with Crippen LogP contribution in [0.1, 0.15) is 27.7 Å². The fourth-order valence-corrected chi connectivity index (χ4v) is 1.92. The minimum atomic E-state index is -0.391. The van der Waals surface area contributed by atoms with E-state index in [0.29, 0.717) is 13.1 Å². The van der Waals surface area contributed by atoms with E-state index >= 15 is 0 Å². The molecule has 0 aliphatic rings. The molecule has 0 aromatic heterocycles. The summed E-state index contributed by atoms with van der Waals surface area (Å²) in [5.41, 5.74) is 0. The van der Waals surface area contributed by atoms with E-state index in [1.54, 1.807) is 9.80 Å². The number of carbonyl (C=O) groups is 2. The van der Waals surface area contributed by atoms with Crippen molar-refractivity contribution >= 4 is 12.2 Å². The Morgan fingerprint density at radius 2 is 1.17 bits per heavy atom. The maximum atomic E-state index is 11.6. The highest BCUT2D eigenvalue weighted by atomic mass is 16.5. The summed E-state index contributed by atoms with van der Waals surface area (Å²) in [4.78, 5) is 26.4. The van der Waals surface area contributed by atoms with Crippen LogP contribution in [0.3, 0.4) is 0 Å². The van der Waals surface area contributed by atoms with Crippen LogP contribution in [0.4, 0.5) is 9.59 Å². The molecular weight excluding hydrogens is 236 g/mol. The Labute approximate surface area is 109 Å². The molecule has 18 heavy (non-hydrogen) atoms. The highest BCUT2D eigenvalue weighted by Crippen LogP contribution is 2.13. The lowest BCUT2D eigenvalue weighted by Gasteiger charge is -2.36. The van der Waals surface area contributed by atoms with Gasteiger partial charge in [0.05, 0.1) is 26.3 Å². The van der Waals surface area contributed by atoms with E-state index in [9.17, 15) is 9.59 Å². The van der Waals surface area contributed by atoms with Crippen LogP contribution in [0.15, 0.2) is 0 Å². The first-order valence-electron chi connectivity index (χ1n) is 6.13. The second kappa shape index (κ2) is 7.79. The molecule has 106 valence electrons. The summed E-state index contributed by atoms with van der Waals surface area (Å²) >= 11 is 0. The van der Waals surface area contributed by atoms with Crippen LogP contribution in [0.2, 0.25) is 0 Å². The number of amides is 2. The molecule has 0 aliphatic carbocycles. The van der Waals surface area contributed by atoms with Crippen LogP contribution in [0, 0.1) is 0 Å². The lowest BCUT2D eigenvalue weighted by Crippen LogP contribution is -2.52. The van der Waals surface area contributed by atoms with Crippen LogP contribution >= 0.6 is 0 Å². The van der Waals surface area contributed by atoms with Gasteiger partial charge in [0, 0.05) is 13.1 Å². The zero-order valence-electron chi connectivity index (χ0n) is 12.1. The molecule has 0 heterocycles. The standard InChI is InChI=1S/C12H24N2O4/c1-7-13(11(15)17-5)9(3)10(4)14(8-2)12(16)18-6/h9-10H,7-8H2,1-6H3. The van der Waals surface area contributed by atoms with Crippen molar-refractivity contribution in [3.63, 3.8) is 0 Å². The van der Waals surface area contributed by atoms with Crippen LogP contribution in [-0.4, -0.2) is 61.4 Å². The molecule has 0 aliphatic heterocycles. The summed E-state index contributed by atoms with van der Waals surface area (Å²) in [6, 6.07) is -0.303. The van der Waals surface area contributed by atoms with Crippen LogP contribution < -0.4 is 0 Å². The number of rotatable bonds is 5. The van der Waals surface area contributed by atoms with Gasteiger partial charge in [-0.15, -0.1) is 0 Å². The van der Waals surface area contributed by atoms with Crippen LogP contribution in [-0.2, 0) is 9.47 Å². The van der Waals surface area contributed by atoms with E-state index < -0.39 is 12.2 Å². The number of hydrogen-bond donors (Lipinski definition) is 0. The number of hydrogen-bond acceptors (Lipinski definition) is 4. The molecule has 0 rings (SSSR count). The molecule has 0 radical (unpaired) electrons. The van der Waals surface area contributed by atoms with Gasteiger partial charge in [-0.25, -0.2) is 9.59 Å². The van der Waals surface area contributed by atoms with Crippen LogP contribution in [0.25, 0.3) is 0 Å². The van der Waals surface area contributed by atoms with Gasteiger partial charge in [0.2, 0.25) is 0 Å². The Hall–Kier alpha value is -1.46.